The Morgan fingerprint density at radius 2 is 2.24 bits per heavy atom. The van der Waals surface area contributed by atoms with Gasteiger partial charge in [0.15, 0.2) is 0 Å². The van der Waals surface area contributed by atoms with Gasteiger partial charge in [0.1, 0.15) is 12.2 Å². The van der Waals surface area contributed by atoms with Crippen molar-refractivity contribution in [1.29, 1.82) is 5.26 Å². The van der Waals surface area contributed by atoms with E-state index in [-0.39, 0.29) is 5.75 Å². The molecule has 0 atom stereocenters. The molecule has 7 nitrogen and oxygen atoms in total. The monoisotopic (exact) mass is 305 g/mol. The second kappa shape index (κ2) is 6.97. The highest BCUT2D eigenvalue weighted by molar-refractivity contribution is 7.88. The highest BCUT2D eigenvalue weighted by atomic mass is 32.2. The summed E-state index contributed by atoms with van der Waals surface area (Å²) in [6.07, 6.45) is 2.68. The molecular formula is C13H15N5O2S. The second-order valence-corrected chi connectivity index (χ2v) is 6.31. The van der Waals surface area contributed by atoms with Crippen LogP contribution in [0, 0.1) is 11.3 Å². The minimum Gasteiger partial charge on any atom is -0.263 e. The van der Waals surface area contributed by atoms with Crippen LogP contribution in [0.5, 0.6) is 0 Å². The van der Waals surface area contributed by atoms with Gasteiger partial charge in [-0.25, -0.2) is 18.1 Å². The first kappa shape index (κ1) is 15.2. The molecule has 110 valence electrons. The number of aromatic nitrogens is 3. The summed E-state index contributed by atoms with van der Waals surface area (Å²) in [4.78, 5) is 3.96. The summed E-state index contributed by atoms with van der Waals surface area (Å²) < 4.78 is 26.4. The predicted molar refractivity (Wildman–Crippen MR) is 76.5 cm³/mol. The molecule has 0 saturated heterocycles. The molecule has 8 heteroatoms. The van der Waals surface area contributed by atoms with Gasteiger partial charge >= 0.3 is 0 Å². The van der Waals surface area contributed by atoms with Gasteiger partial charge in [-0.15, -0.1) is 0 Å². The average molecular weight is 305 g/mol. The molecule has 0 aliphatic heterocycles. The van der Waals surface area contributed by atoms with Gasteiger partial charge in [0.2, 0.25) is 10.0 Å². The summed E-state index contributed by atoms with van der Waals surface area (Å²) >= 11 is 0. The highest BCUT2D eigenvalue weighted by Gasteiger charge is 2.11. The Morgan fingerprint density at radius 1 is 1.38 bits per heavy atom. The average Bonchev–Trinajstić information content (AvgIpc) is 2.96. The van der Waals surface area contributed by atoms with Crippen molar-refractivity contribution in [2.24, 2.45) is 0 Å². The molecule has 2 N–H and O–H groups in total. The van der Waals surface area contributed by atoms with Gasteiger partial charge in [-0.3, -0.25) is 5.10 Å². The lowest BCUT2D eigenvalue weighted by Gasteiger charge is -2.06. The fourth-order valence-electron chi connectivity index (χ4n) is 1.84. The van der Waals surface area contributed by atoms with E-state index < -0.39 is 10.0 Å². The number of benzene rings is 1. The van der Waals surface area contributed by atoms with E-state index in [0.717, 1.165) is 5.82 Å². The zero-order chi connectivity index (χ0) is 15.1. The number of nitrogens with one attached hydrogen (secondary N) is 2. The van der Waals surface area contributed by atoms with Gasteiger partial charge in [-0.1, -0.05) is 12.1 Å². The van der Waals surface area contributed by atoms with Crippen LogP contribution in [-0.2, 0) is 22.2 Å². The van der Waals surface area contributed by atoms with Crippen molar-refractivity contribution in [1.82, 2.24) is 19.9 Å². The molecule has 0 unspecified atom stereocenters. The zero-order valence-corrected chi connectivity index (χ0v) is 12.1. The van der Waals surface area contributed by atoms with Crippen molar-refractivity contribution in [3.05, 3.63) is 47.5 Å². The molecule has 1 aromatic carbocycles. The third-order valence-electron chi connectivity index (χ3n) is 2.79. The van der Waals surface area contributed by atoms with Crippen LogP contribution in [0.25, 0.3) is 0 Å². The first-order valence-corrected chi connectivity index (χ1v) is 8.05. The number of H-pyrrole nitrogens is 1. The third-order valence-corrected chi connectivity index (χ3v) is 4.15. The van der Waals surface area contributed by atoms with E-state index in [2.05, 4.69) is 19.9 Å². The number of hydrogen-bond donors (Lipinski definition) is 2. The number of hydrogen-bond acceptors (Lipinski definition) is 5. The van der Waals surface area contributed by atoms with Crippen LogP contribution >= 0.6 is 0 Å². The van der Waals surface area contributed by atoms with Crippen LogP contribution in [0.2, 0.25) is 0 Å². The van der Waals surface area contributed by atoms with E-state index in [4.69, 9.17) is 5.26 Å². The lowest BCUT2D eigenvalue weighted by Crippen LogP contribution is -2.26. The second-order valence-electron chi connectivity index (χ2n) is 4.50. The van der Waals surface area contributed by atoms with E-state index in [1.807, 2.05) is 6.07 Å². The molecule has 21 heavy (non-hydrogen) atoms. The van der Waals surface area contributed by atoms with Gasteiger partial charge in [0, 0.05) is 13.0 Å². The normalized spacial score (nSPS) is 11.2. The van der Waals surface area contributed by atoms with Crippen molar-refractivity contribution >= 4 is 10.0 Å². The van der Waals surface area contributed by atoms with E-state index in [1.54, 1.807) is 24.3 Å². The molecule has 0 fully saturated rings. The fourth-order valence-corrected chi connectivity index (χ4v) is 3.01. The van der Waals surface area contributed by atoms with E-state index in [1.165, 1.54) is 6.33 Å². The molecule has 2 rings (SSSR count). The maximum absolute atomic E-state index is 11.9. The Labute approximate surface area is 123 Å². The summed E-state index contributed by atoms with van der Waals surface area (Å²) in [7, 11) is -3.41. The quantitative estimate of drug-likeness (QED) is 0.732. The largest absolute Gasteiger partial charge is 0.263 e. The van der Waals surface area contributed by atoms with Gasteiger partial charge in [-0.2, -0.15) is 10.4 Å². The number of sulfonamides is 1. The first-order chi connectivity index (χ1) is 10.1. The van der Waals surface area contributed by atoms with Gasteiger partial charge in [0.05, 0.1) is 17.4 Å². The van der Waals surface area contributed by atoms with Crippen molar-refractivity contribution in [3.8, 4) is 6.07 Å². The van der Waals surface area contributed by atoms with E-state index in [9.17, 15) is 8.42 Å². The molecular weight excluding hydrogens is 290 g/mol. The molecule has 0 saturated carbocycles. The number of aromatic amines is 1. The van der Waals surface area contributed by atoms with Crippen LogP contribution < -0.4 is 4.72 Å². The highest BCUT2D eigenvalue weighted by Crippen LogP contribution is 2.08. The first-order valence-electron chi connectivity index (χ1n) is 6.40. The maximum atomic E-state index is 11.9. The van der Waals surface area contributed by atoms with Crippen molar-refractivity contribution in [2.75, 3.05) is 6.54 Å². The minimum absolute atomic E-state index is 0.134. The van der Waals surface area contributed by atoms with Crippen molar-refractivity contribution in [2.45, 2.75) is 18.6 Å². The zero-order valence-electron chi connectivity index (χ0n) is 11.3. The van der Waals surface area contributed by atoms with Gasteiger partial charge < -0.3 is 0 Å². The Hall–Kier alpha value is -2.24. The lowest BCUT2D eigenvalue weighted by molar-refractivity contribution is 0.577. The van der Waals surface area contributed by atoms with Crippen LogP contribution in [0.1, 0.15) is 23.4 Å². The predicted octanol–water partition coefficient (Wildman–Crippen LogP) is 0.729. The summed E-state index contributed by atoms with van der Waals surface area (Å²) in [6.45, 7) is 0.334. The number of aryl methyl sites for hydroxylation is 1. The molecule has 0 aliphatic carbocycles. The Bertz CT molecular complexity index is 719. The molecule has 0 spiro atoms. The molecule has 1 aromatic heterocycles. The van der Waals surface area contributed by atoms with Gasteiger partial charge in [0.25, 0.3) is 0 Å². The number of nitriles is 1. The number of nitrogens with zero attached hydrogens (tertiary/aromatic N) is 3. The molecule has 0 bridgehead atoms. The summed E-state index contributed by atoms with van der Waals surface area (Å²) in [5, 5.41) is 15.2. The van der Waals surface area contributed by atoms with E-state index in [0.29, 0.717) is 30.5 Å². The SMILES string of the molecule is N#Cc1cccc(CS(=O)(=O)NCCCc2ncn[nH]2)c1. The third kappa shape index (κ3) is 4.98. The van der Waals surface area contributed by atoms with Crippen LogP contribution in [0.4, 0.5) is 0 Å². The summed E-state index contributed by atoms with van der Waals surface area (Å²) in [6, 6.07) is 8.57. The fraction of sp³-hybridized carbons (Fsp3) is 0.308. The van der Waals surface area contributed by atoms with Crippen molar-refractivity contribution < 1.29 is 8.42 Å². The smallest absolute Gasteiger partial charge is 0.215 e. The molecule has 0 aliphatic rings. The summed E-state index contributed by atoms with van der Waals surface area (Å²) in [5.74, 6) is 0.598. The van der Waals surface area contributed by atoms with Crippen LogP contribution in [0.15, 0.2) is 30.6 Å². The number of rotatable bonds is 7. The minimum atomic E-state index is -3.41. The topological polar surface area (TPSA) is 112 Å². The summed E-state index contributed by atoms with van der Waals surface area (Å²) in [5.41, 5.74) is 1.05. The Morgan fingerprint density at radius 3 is 2.95 bits per heavy atom. The standard InChI is InChI=1S/C13H15N5O2S/c14-8-11-3-1-4-12(7-11)9-21(19,20)17-6-2-5-13-15-10-16-18-13/h1,3-4,7,10,17H,2,5-6,9H2,(H,15,16,18). The van der Waals surface area contributed by atoms with Crippen molar-refractivity contribution in [3.63, 3.8) is 0 Å². The van der Waals surface area contributed by atoms with Gasteiger partial charge in [-0.05, 0) is 24.1 Å². The van der Waals surface area contributed by atoms with Crippen LogP contribution in [0.3, 0.4) is 0 Å². The molecule has 1 heterocycles. The Kier molecular flexibility index (Phi) is 5.03. The Balaban J connectivity index is 1.82. The maximum Gasteiger partial charge on any atom is 0.215 e. The van der Waals surface area contributed by atoms with Crippen LogP contribution in [-0.4, -0.2) is 30.1 Å². The molecule has 2 aromatic rings. The molecule has 0 radical (unpaired) electrons. The molecule has 0 amide bonds. The van der Waals surface area contributed by atoms with E-state index >= 15 is 0 Å². The lowest BCUT2D eigenvalue weighted by atomic mass is 10.2.